The minimum Gasteiger partial charge on any atom is -0.396 e. The fourth-order valence-corrected chi connectivity index (χ4v) is 2.15. The number of nitrogens with zero attached hydrogens (tertiary/aromatic N) is 1. The van der Waals surface area contributed by atoms with E-state index in [0.717, 1.165) is 24.8 Å². The van der Waals surface area contributed by atoms with Crippen LogP contribution in [0.5, 0.6) is 0 Å². The highest BCUT2D eigenvalue weighted by Gasteiger charge is 2.32. The third-order valence-corrected chi connectivity index (χ3v) is 3.42. The Balaban J connectivity index is 1.98. The van der Waals surface area contributed by atoms with Crippen molar-refractivity contribution in [3.8, 4) is 0 Å². The minimum atomic E-state index is -0.421. The van der Waals surface area contributed by atoms with Crippen molar-refractivity contribution < 1.29 is 14.3 Å². The lowest BCUT2D eigenvalue weighted by Crippen LogP contribution is -2.37. The van der Waals surface area contributed by atoms with Crippen molar-refractivity contribution in [2.45, 2.75) is 38.6 Å². The maximum atomic E-state index is 13.7. The lowest BCUT2D eigenvalue weighted by molar-refractivity contribution is 0.204. The van der Waals surface area contributed by atoms with E-state index in [1.54, 1.807) is 17.0 Å². The Morgan fingerprint density at radius 1 is 1.45 bits per heavy atom. The molecule has 0 heterocycles. The van der Waals surface area contributed by atoms with Crippen LogP contribution < -0.4 is 5.32 Å². The number of hydrogen-bond acceptors (Lipinski definition) is 2. The standard InChI is InChI=1S/C15H21FN2O2/c1-11-4-7-13(16)14(10-11)17-15(20)18(12-5-6-12)8-2-3-9-19/h4,7,10,12,19H,2-3,5-6,8-9H2,1H3,(H,17,20). The van der Waals surface area contributed by atoms with Crippen LogP contribution in [0.1, 0.15) is 31.2 Å². The fourth-order valence-electron chi connectivity index (χ4n) is 2.15. The molecule has 2 rings (SSSR count). The summed E-state index contributed by atoms with van der Waals surface area (Å²) in [6.45, 7) is 2.59. The van der Waals surface area contributed by atoms with E-state index in [0.29, 0.717) is 13.0 Å². The zero-order valence-corrected chi connectivity index (χ0v) is 11.7. The number of benzene rings is 1. The van der Waals surface area contributed by atoms with Gasteiger partial charge in [-0.2, -0.15) is 0 Å². The summed E-state index contributed by atoms with van der Waals surface area (Å²) in [5.74, 6) is -0.421. The van der Waals surface area contributed by atoms with Gasteiger partial charge in [-0.25, -0.2) is 9.18 Å². The Hall–Kier alpha value is -1.62. The van der Waals surface area contributed by atoms with Gasteiger partial charge in [0.2, 0.25) is 0 Å². The van der Waals surface area contributed by atoms with Gasteiger partial charge in [-0.3, -0.25) is 0 Å². The number of aryl methyl sites for hydroxylation is 1. The van der Waals surface area contributed by atoms with Gasteiger partial charge >= 0.3 is 6.03 Å². The molecule has 0 atom stereocenters. The van der Waals surface area contributed by atoms with E-state index in [1.165, 1.54) is 6.07 Å². The number of hydrogen-bond donors (Lipinski definition) is 2. The van der Waals surface area contributed by atoms with Crippen molar-refractivity contribution >= 4 is 11.7 Å². The van der Waals surface area contributed by atoms with Gasteiger partial charge in [-0.05, 0) is 50.3 Å². The molecule has 110 valence electrons. The van der Waals surface area contributed by atoms with Crippen LogP contribution in [0.4, 0.5) is 14.9 Å². The van der Waals surface area contributed by atoms with Crippen LogP contribution in [0.15, 0.2) is 18.2 Å². The molecule has 20 heavy (non-hydrogen) atoms. The molecule has 1 aliphatic rings. The van der Waals surface area contributed by atoms with Gasteiger partial charge in [0.1, 0.15) is 5.82 Å². The molecule has 0 bridgehead atoms. The van der Waals surface area contributed by atoms with E-state index in [2.05, 4.69) is 5.32 Å². The van der Waals surface area contributed by atoms with Crippen LogP contribution in [-0.2, 0) is 0 Å². The van der Waals surface area contributed by atoms with Crippen molar-refractivity contribution in [1.29, 1.82) is 0 Å². The second-order valence-corrected chi connectivity index (χ2v) is 5.27. The summed E-state index contributed by atoms with van der Waals surface area (Å²) < 4.78 is 13.7. The SMILES string of the molecule is Cc1ccc(F)c(NC(=O)N(CCCCO)C2CC2)c1. The number of carbonyl (C=O) groups is 1. The van der Waals surface area contributed by atoms with Gasteiger partial charge in [0.15, 0.2) is 0 Å². The molecule has 5 heteroatoms. The maximum absolute atomic E-state index is 13.7. The number of amides is 2. The summed E-state index contributed by atoms with van der Waals surface area (Å²) in [5, 5.41) is 11.5. The van der Waals surface area contributed by atoms with Crippen LogP contribution >= 0.6 is 0 Å². The molecule has 1 fully saturated rings. The van der Waals surface area contributed by atoms with Gasteiger partial charge in [-0.15, -0.1) is 0 Å². The molecule has 1 aliphatic carbocycles. The molecular weight excluding hydrogens is 259 g/mol. The summed E-state index contributed by atoms with van der Waals surface area (Å²) in [6, 6.07) is 4.67. The predicted molar refractivity (Wildman–Crippen MR) is 76.2 cm³/mol. The Morgan fingerprint density at radius 2 is 2.20 bits per heavy atom. The molecule has 1 aromatic carbocycles. The van der Waals surface area contributed by atoms with E-state index in [9.17, 15) is 9.18 Å². The van der Waals surface area contributed by atoms with Crippen molar-refractivity contribution in [2.24, 2.45) is 0 Å². The zero-order valence-electron chi connectivity index (χ0n) is 11.7. The number of anilines is 1. The topological polar surface area (TPSA) is 52.6 Å². The highest BCUT2D eigenvalue weighted by molar-refractivity contribution is 5.90. The number of aliphatic hydroxyl groups excluding tert-OH is 1. The Kier molecular flexibility index (Phi) is 4.95. The van der Waals surface area contributed by atoms with Crippen LogP contribution in [0.3, 0.4) is 0 Å². The molecular formula is C15H21FN2O2. The van der Waals surface area contributed by atoms with Crippen LogP contribution in [0.25, 0.3) is 0 Å². The van der Waals surface area contributed by atoms with Gasteiger partial charge in [0.05, 0.1) is 5.69 Å². The van der Waals surface area contributed by atoms with Gasteiger partial charge < -0.3 is 15.3 Å². The number of unbranched alkanes of at least 4 members (excludes halogenated alkanes) is 1. The fraction of sp³-hybridized carbons (Fsp3) is 0.533. The largest absolute Gasteiger partial charge is 0.396 e. The average molecular weight is 280 g/mol. The van der Waals surface area contributed by atoms with Crippen LogP contribution in [0.2, 0.25) is 0 Å². The summed E-state index contributed by atoms with van der Waals surface area (Å²) >= 11 is 0. The number of carbonyl (C=O) groups excluding carboxylic acids is 1. The first-order valence-corrected chi connectivity index (χ1v) is 7.06. The van der Waals surface area contributed by atoms with Crippen LogP contribution in [0, 0.1) is 12.7 Å². The van der Waals surface area contributed by atoms with Crippen molar-refractivity contribution in [3.63, 3.8) is 0 Å². The summed E-state index contributed by atoms with van der Waals surface area (Å²) in [7, 11) is 0. The molecule has 1 aromatic rings. The number of rotatable bonds is 6. The van der Waals surface area contributed by atoms with Gasteiger partial charge in [-0.1, -0.05) is 6.07 Å². The second kappa shape index (κ2) is 6.70. The first-order valence-electron chi connectivity index (χ1n) is 7.06. The molecule has 0 radical (unpaired) electrons. The number of urea groups is 1. The number of aliphatic hydroxyl groups is 1. The monoisotopic (exact) mass is 280 g/mol. The third-order valence-electron chi connectivity index (χ3n) is 3.42. The van der Waals surface area contributed by atoms with E-state index in [-0.39, 0.29) is 24.4 Å². The molecule has 1 saturated carbocycles. The van der Waals surface area contributed by atoms with Gasteiger partial charge in [0, 0.05) is 19.2 Å². The molecule has 0 aromatic heterocycles. The van der Waals surface area contributed by atoms with Crippen LogP contribution in [-0.4, -0.2) is 35.2 Å². The lowest BCUT2D eigenvalue weighted by Gasteiger charge is -2.23. The van der Waals surface area contributed by atoms with Crippen molar-refractivity contribution in [1.82, 2.24) is 4.90 Å². The molecule has 0 saturated heterocycles. The highest BCUT2D eigenvalue weighted by atomic mass is 19.1. The summed E-state index contributed by atoms with van der Waals surface area (Å²) in [6.07, 6.45) is 3.44. The van der Waals surface area contributed by atoms with E-state index >= 15 is 0 Å². The molecule has 0 aliphatic heterocycles. The number of nitrogens with one attached hydrogen (secondary N) is 1. The maximum Gasteiger partial charge on any atom is 0.322 e. The summed E-state index contributed by atoms with van der Waals surface area (Å²) in [5.41, 5.74) is 1.13. The van der Waals surface area contributed by atoms with Crippen molar-refractivity contribution in [2.75, 3.05) is 18.5 Å². The highest BCUT2D eigenvalue weighted by Crippen LogP contribution is 2.28. The van der Waals surface area contributed by atoms with E-state index in [1.807, 2.05) is 6.92 Å². The molecule has 2 N–H and O–H groups in total. The molecule has 4 nitrogen and oxygen atoms in total. The first kappa shape index (κ1) is 14.8. The normalized spacial score (nSPS) is 14.2. The quantitative estimate of drug-likeness (QED) is 0.787. The average Bonchev–Trinajstić information content (AvgIpc) is 3.23. The van der Waals surface area contributed by atoms with Gasteiger partial charge in [0.25, 0.3) is 0 Å². The lowest BCUT2D eigenvalue weighted by atomic mass is 10.2. The Labute approximate surface area is 118 Å². The van der Waals surface area contributed by atoms with Crippen molar-refractivity contribution in [3.05, 3.63) is 29.6 Å². The molecule has 0 spiro atoms. The van der Waals surface area contributed by atoms with E-state index in [4.69, 9.17) is 5.11 Å². The minimum absolute atomic E-state index is 0.132. The van der Waals surface area contributed by atoms with E-state index < -0.39 is 5.82 Å². The molecule has 2 amide bonds. The molecule has 0 unspecified atom stereocenters. The second-order valence-electron chi connectivity index (χ2n) is 5.27. The number of halogens is 1. The Morgan fingerprint density at radius 3 is 2.85 bits per heavy atom. The first-order chi connectivity index (χ1) is 9.61. The zero-order chi connectivity index (χ0) is 14.5. The third kappa shape index (κ3) is 3.93. The smallest absolute Gasteiger partial charge is 0.322 e. The summed E-state index contributed by atoms with van der Waals surface area (Å²) in [4.78, 5) is 14.0. The predicted octanol–water partition coefficient (Wildman–Crippen LogP) is 2.90. The Bertz CT molecular complexity index is 475.